The highest BCUT2D eigenvalue weighted by molar-refractivity contribution is 7.99. The zero-order valence-corrected chi connectivity index (χ0v) is 23.8. The second kappa shape index (κ2) is 12.1. The highest BCUT2D eigenvalue weighted by Gasteiger charge is 2.42. The number of nitrogens with one attached hydrogen (secondary N) is 1. The van der Waals surface area contributed by atoms with Crippen molar-refractivity contribution in [2.75, 3.05) is 24.7 Å². The summed E-state index contributed by atoms with van der Waals surface area (Å²) < 4.78 is 89.1. The van der Waals surface area contributed by atoms with Crippen LogP contribution in [0.2, 0.25) is 0 Å². The molecule has 9 nitrogen and oxygen atoms in total. The highest BCUT2D eigenvalue weighted by Crippen LogP contribution is 2.33. The van der Waals surface area contributed by atoms with Crippen molar-refractivity contribution in [2.45, 2.75) is 64.5 Å². The summed E-state index contributed by atoms with van der Waals surface area (Å²) in [5.74, 6) is -5.46. The molecule has 4 rings (SSSR count). The largest absolute Gasteiger partial charge is 0.449 e. The van der Waals surface area contributed by atoms with Gasteiger partial charge in [-0.25, -0.2) is 22.9 Å². The second-order valence-electron chi connectivity index (χ2n) is 10.9. The van der Waals surface area contributed by atoms with Crippen molar-refractivity contribution in [3.05, 3.63) is 52.4 Å². The Morgan fingerprint density at radius 3 is 2.33 bits per heavy atom. The highest BCUT2D eigenvalue weighted by atomic mass is 32.2. The molecule has 0 radical (unpaired) electrons. The van der Waals surface area contributed by atoms with Gasteiger partial charge < -0.3 is 24.4 Å². The molecular formula is C26H29F6N5O4S. The van der Waals surface area contributed by atoms with Crippen molar-refractivity contribution < 1.29 is 45.5 Å². The lowest BCUT2D eigenvalue weighted by molar-refractivity contribution is -0.148. The van der Waals surface area contributed by atoms with Crippen molar-refractivity contribution in [3.8, 4) is 0 Å². The normalized spacial score (nSPS) is 16.3. The molecule has 3 heterocycles. The third-order valence-electron chi connectivity index (χ3n) is 6.55. The van der Waals surface area contributed by atoms with E-state index < -0.39 is 77.5 Å². The number of halogens is 6. The Morgan fingerprint density at radius 1 is 1.02 bits per heavy atom. The number of alkyl carbamates (subject to hydrolysis) is 1. The number of fused-ring (bicyclic) bond motifs is 1. The summed E-state index contributed by atoms with van der Waals surface area (Å²) in [4.78, 5) is 45.1. The van der Waals surface area contributed by atoms with Crippen LogP contribution in [0.3, 0.4) is 0 Å². The molecule has 2 aliphatic rings. The van der Waals surface area contributed by atoms with Crippen molar-refractivity contribution in [2.24, 2.45) is 0 Å². The number of amides is 3. The summed E-state index contributed by atoms with van der Waals surface area (Å²) in [7, 11) is 0. The molecule has 16 heteroatoms. The number of ether oxygens (including phenoxy) is 1. The van der Waals surface area contributed by atoms with Crippen LogP contribution >= 0.6 is 11.8 Å². The Hall–Kier alpha value is -3.43. The molecule has 1 N–H and O–H groups in total. The summed E-state index contributed by atoms with van der Waals surface area (Å²) in [6.07, 6.45) is -6.69. The number of nitrogens with zero attached hydrogens (tertiary/aromatic N) is 4. The number of hydrogen-bond acceptors (Lipinski definition) is 6. The maximum atomic E-state index is 14.4. The third kappa shape index (κ3) is 7.31. The standard InChI is InChI=1S/C26H29F6N5O4S/c1-25(2,3)41-24(40)33-15(8-14-9-17(28)18(29)11-16(14)27)10-20(38)35-4-5-37-19(12-35)21(34-23(37)26(30,31)32)22(39)36-6-7-42-13-36/h9,11,15H,4-8,10,12-13H2,1-3H3,(H,33,40)/t15-/m1/s1. The van der Waals surface area contributed by atoms with E-state index in [-0.39, 0.29) is 30.9 Å². The van der Waals surface area contributed by atoms with Crippen LogP contribution in [0.15, 0.2) is 12.1 Å². The predicted octanol–water partition coefficient (Wildman–Crippen LogP) is 4.33. The Balaban J connectivity index is 1.58. The Labute approximate surface area is 241 Å². The summed E-state index contributed by atoms with van der Waals surface area (Å²) in [6.45, 7) is 4.28. The molecule has 0 saturated carbocycles. The summed E-state index contributed by atoms with van der Waals surface area (Å²) in [5.41, 5.74) is -1.71. The van der Waals surface area contributed by atoms with Gasteiger partial charge in [-0.15, -0.1) is 11.8 Å². The molecule has 0 bridgehead atoms. The molecule has 1 fully saturated rings. The Bertz CT molecular complexity index is 1370. The first-order valence-corrected chi connectivity index (χ1v) is 14.1. The lowest BCUT2D eigenvalue weighted by Gasteiger charge is -2.31. The van der Waals surface area contributed by atoms with Gasteiger partial charge >= 0.3 is 12.3 Å². The lowest BCUT2D eigenvalue weighted by Crippen LogP contribution is -2.46. The van der Waals surface area contributed by atoms with Crippen molar-refractivity contribution >= 4 is 29.7 Å². The molecule has 0 unspecified atom stereocenters. The minimum atomic E-state index is -4.84. The number of thioether (sulfide) groups is 1. The number of benzene rings is 1. The van der Waals surface area contributed by atoms with Crippen LogP contribution in [-0.4, -0.2) is 73.6 Å². The van der Waals surface area contributed by atoms with Crippen LogP contribution in [0, 0.1) is 17.5 Å². The molecule has 1 saturated heterocycles. The van der Waals surface area contributed by atoms with E-state index in [4.69, 9.17) is 4.74 Å². The number of carbonyl (C=O) groups excluding carboxylic acids is 3. The van der Waals surface area contributed by atoms with Gasteiger partial charge in [-0.2, -0.15) is 13.2 Å². The van der Waals surface area contributed by atoms with Gasteiger partial charge in [0.05, 0.1) is 18.1 Å². The molecule has 42 heavy (non-hydrogen) atoms. The summed E-state index contributed by atoms with van der Waals surface area (Å²) >= 11 is 1.45. The van der Waals surface area contributed by atoms with Crippen LogP contribution in [0.25, 0.3) is 0 Å². The summed E-state index contributed by atoms with van der Waals surface area (Å²) in [5, 5.41) is 2.44. The van der Waals surface area contributed by atoms with E-state index >= 15 is 0 Å². The molecule has 230 valence electrons. The Morgan fingerprint density at radius 2 is 1.71 bits per heavy atom. The topological polar surface area (TPSA) is 96.8 Å². The molecule has 1 aromatic carbocycles. The third-order valence-corrected chi connectivity index (χ3v) is 7.52. The van der Waals surface area contributed by atoms with Gasteiger partial charge in [0.25, 0.3) is 5.91 Å². The fourth-order valence-electron chi connectivity index (χ4n) is 4.67. The fourth-order valence-corrected chi connectivity index (χ4v) is 5.61. The molecule has 0 spiro atoms. The zero-order chi connectivity index (χ0) is 31.0. The van der Waals surface area contributed by atoms with Crippen molar-refractivity contribution in [1.82, 2.24) is 24.7 Å². The molecule has 0 aliphatic carbocycles. The van der Waals surface area contributed by atoms with E-state index in [0.29, 0.717) is 30.3 Å². The van der Waals surface area contributed by atoms with E-state index in [2.05, 4.69) is 10.3 Å². The second-order valence-corrected chi connectivity index (χ2v) is 12.0. The van der Waals surface area contributed by atoms with Gasteiger partial charge in [0, 0.05) is 43.9 Å². The first-order valence-electron chi connectivity index (χ1n) is 13.0. The maximum Gasteiger partial charge on any atom is 0.449 e. The van der Waals surface area contributed by atoms with Crippen molar-refractivity contribution in [1.29, 1.82) is 0 Å². The Kier molecular flexibility index (Phi) is 9.04. The number of carbonyl (C=O) groups is 3. The van der Waals surface area contributed by atoms with Crippen LogP contribution in [0.4, 0.5) is 31.1 Å². The average Bonchev–Trinajstić information content (AvgIpc) is 3.53. The average molecular weight is 622 g/mol. The summed E-state index contributed by atoms with van der Waals surface area (Å²) in [6, 6.07) is -0.198. The van der Waals surface area contributed by atoms with Crippen LogP contribution in [-0.2, 0) is 35.2 Å². The van der Waals surface area contributed by atoms with Gasteiger partial charge in [0.1, 0.15) is 11.4 Å². The molecule has 1 atom stereocenters. The van der Waals surface area contributed by atoms with E-state index in [1.54, 1.807) is 20.8 Å². The van der Waals surface area contributed by atoms with Crippen molar-refractivity contribution in [3.63, 3.8) is 0 Å². The zero-order valence-electron chi connectivity index (χ0n) is 23.0. The van der Waals surface area contributed by atoms with Gasteiger partial charge in [0.15, 0.2) is 17.3 Å². The van der Waals surface area contributed by atoms with Gasteiger partial charge in [-0.05, 0) is 38.8 Å². The van der Waals surface area contributed by atoms with Crippen LogP contribution in [0.1, 0.15) is 54.8 Å². The van der Waals surface area contributed by atoms with E-state index in [0.717, 1.165) is 4.57 Å². The predicted molar refractivity (Wildman–Crippen MR) is 139 cm³/mol. The monoisotopic (exact) mass is 621 g/mol. The number of aromatic nitrogens is 2. The number of imidazole rings is 1. The van der Waals surface area contributed by atoms with Crippen LogP contribution < -0.4 is 5.32 Å². The molecule has 2 aromatic rings. The molecule has 2 aliphatic heterocycles. The number of rotatable bonds is 6. The number of hydrogen-bond donors (Lipinski definition) is 1. The SMILES string of the molecule is CC(C)(C)OC(=O)N[C@@H](CC(=O)N1CCn2c(C(F)(F)F)nc(C(=O)N3CCSC3)c2C1)Cc1cc(F)c(F)cc1F. The van der Waals surface area contributed by atoms with E-state index in [1.165, 1.54) is 21.6 Å². The van der Waals surface area contributed by atoms with Gasteiger partial charge in [-0.1, -0.05) is 0 Å². The minimum absolute atomic E-state index is 0.0767. The molecule has 1 aromatic heterocycles. The fraction of sp³-hybridized carbons (Fsp3) is 0.538. The smallest absolute Gasteiger partial charge is 0.444 e. The number of alkyl halides is 3. The van der Waals surface area contributed by atoms with Crippen LogP contribution in [0.5, 0.6) is 0 Å². The quantitative estimate of drug-likeness (QED) is 0.381. The first kappa shape index (κ1) is 31.5. The van der Waals surface area contributed by atoms with Gasteiger partial charge in [-0.3, -0.25) is 9.59 Å². The first-order chi connectivity index (χ1) is 19.5. The maximum absolute atomic E-state index is 14.4. The minimum Gasteiger partial charge on any atom is -0.444 e. The lowest BCUT2D eigenvalue weighted by atomic mass is 10.0. The molecular weight excluding hydrogens is 592 g/mol. The van der Waals surface area contributed by atoms with E-state index in [1.807, 2.05) is 0 Å². The molecule has 3 amide bonds. The van der Waals surface area contributed by atoms with E-state index in [9.17, 15) is 40.7 Å². The van der Waals surface area contributed by atoms with Gasteiger partial charge in [0.2, 0.25) is 11.7 Å².